The van der Waals surface area contributed by atoms with Crippen LogP contribution in [0.25, 0.3) is 22.2 Å². The number of amides is 1. The maximum absolute atomic E-state index is 13.5. The van der Waals surface area contributed by atoms with Crippen LogP contribution in [0.15, 0.2) is 30.6 Å². The van der Waals surface area contributed by atoms with Crippen molar-refractivity contribution in [2.45, 2.75) is 40.2 Å². The molecule has 0 spiro atoms. The van der Waals surface area contributed by atoms with E-state index in [0.717, 1.165) is 52.8 Å². The molecule has 0 unspecified atom stereocenters. The summed E-state index contributed by atoms with van der Waals surface area (Å²) in [6, 6.07) is 5.98. The molecule has 1 amide bonds. The highest BCUT2D eigenvalue weighted by Gasteiger charge is 2.25. The summed E-state index contributed by atoms with van der Waals surface area (Å²) in [4.78, 5) is 20.4. The summed E-state index contributed by atoms with van der Waals surface area (Å²) in [6.07, 6.45) is 5.84. The highest BCUT2D eigenvalue weighted by Crippen LogP contribution is 2.30. The number of pyridine rings is 1. The fourth-order valence-electron chi connectivity index (χ4n) is 4.12. The summed E-state index contributed by atoms with van der Waals surface area (Å²) in [6.45, 7) is 8.40. The van der Waals surface area contributed by atoms with E-state index in [1.807, 2.05) is 23.2 Å². The van der Waals surface area contributed by atoms with Crippen LogP contribution in [0.2, 0.25) is 0 Å². The molecule has 0 aliphatic carbocycles. The Balaban J connectivity index is 1.85. The molecule has 1 atom stereocenters. The SMILES string of the molecule is Cc1ccc2c(C(=O)N3CCC[C@@H](C)C3)cc(-c3cnn(CCO)c3)nc2c1C. The number of fused-ring (bicyclic) bond motifs is 1. The lowest BCUT2D eigenvalue weighted by Gasteiger charge is -2.31. The van der Waals surface area contributed by atoms with Gasteiger partial charge >= 0.3 is 0 Å². The molecule has 2 aromatic heterocycles. The third kappa shape index (κ3) is 3.77. The van der Waals surface area contributed by atoms with Crippen LogP contribution in [0.3, 0.4) is 0 Å². The zero-order valence-corrected chi connectivity index (χ0v) is 17.4. The van der Waals surface area contributed by atoms with Crippen LogP contribution in [0.5, 0.6) is 0 Å². The summed E-state index contributed by atoms with van der Waals surface area (Å²) >= 11 is 0. The Kier molecular flexibility index (Phi) is 5.37. The minimum atomic E-state index is 0.0292. The van der Waals surface area contributed by atoms with E-state index >= 15 is 0 Å². The largest absolute Gasteiger partial charge is 0.394 e. The van der Waals surface area contributed by atoms with Gasteiger partial charge in [0.15, 0.2) is 0 Å². The van der Waals surface area contributed by atoms with Crippen LogP contribution >= 0.6 is 0 Å². The van der Waals surface area contributed by atoms with Gasteiger partial charge in [-0.15, -0.1) is 0 Å². The Morgan fingerprint density at radius 1 is 1.31 bits per heavy atom. The molecule has 3 aromatic rings. The first-order valence-electron chi connectivity index (χ1n) is 10.3. The normalized spacial score (nSPS) is 17.1. The minimum Gasteiger partial charge on any atom is -0.394 e. The highest BCUT2D eigenvalue weighted by atomic mass is 16.3. The number of carbonyl (C=O) groups is 1. The molecule has 0 bridgehead atoms. The lowest BCUT2D eigenvalue weighted by molar-refractivity contribution is 0.0685. The van der Waals surface area contributed by atoms with E-state index in [4.69, 9.17) is 10.1 Å². The summed E-state index contributed by atoms with van der Waals surface area (Å²) in [5, 5.41) is 14.4. The summed E-state index contributed by atoms with van der Waals surface area (Å²) < 4.78 is 1.69. The van der Waals surface area contributed by atoms with E-state index in [2.05, 4.69) is 31.9 Å². The van der Waals surface area contributed by atoms with Crippen molar-refractivity contribution in [1.29, 1.82) is 0 Å². The quantitative estimate of drug-likeness (QED) is 0.737. The second kappa shape index (κ2) is 7.95. The van der Waals surface area contributed by atoms with Crippen molar-refractivity contribution in [1.82, 2.24) is 19.7 Å². The zero-order valence-electron chi connectivity index (χ0n) is 17.4. The Morgan fingerprint density at radius 2 is 2.14 bits per heavy atom. The van der Waals surface area contributed by atoms with Gasteiger partial charge in [0.25, 0.3) is 5.91 Å². The average molecular weight is 393 g/mol. The predicted octanol–water partition coefficient (Wildman–Crippen LogP) is 3.58. The van der Waals surface area contributed by atoms with E-state index in [-0.39, 0.29) is 12.5 Å². The van der Waals surface area contributed by atoms with Crippen LogP contribution in [0, 0.1) is 19.8 Å². The number of hydrogen-bond acceptors (Lipinski definition) is 4. The Labute approximate surface area is 171 Å². The molecule has 1 aromatic carbocycles. The summed E-state index contributed by atoms with van der Waals surface area (Å²) in [7, 11) is 0. The number of rotatable bonds is 4. The first kappa shape index (κ1) is 19.6. The van der Waals surface area contributed by atoms with Gasteiger partial charge in [-0.05, 0) is 49.8 Å². The number of benzene rings is 1. The number of aryl methyl sites for hydroxylation is 2. The Bertz CT molecular complexity index is 1060. The molecule has 152 valence electrons. The van der Waals surface area contributed by atoms with Crippen molar-refractivity contribution in [2.75, 3.05) is 19.7 Å². The molecule has 6 heteroatoms. The van der Waals surface area contributed by atoms with E-state index in [0.29, 0.717) is 18.0 Å². The van der Waals surface area contributed by atoms with Crippen LogP contribution in [0.1, 0.15) is 41.3 Å². The van der Waals surface area contributed by atoms with Crippen molar-refractivity contribution in [3.63, 3.8) is 0 Å². The van der Waals surface area contributed by atoms with Gasteiger partial charge in [0.2, 0.25) is 0 Å². The number of likely N-dealkylation sites (tertiary alicyclic amines) is 1. The maximum atomic E-state index is 13.5. The molecule has 4 rings (SSSR count). The first-order valence-corrected chi connectivity index (χ1v) is 10.3. The van der Waals surface area contributed by atoms with Gasteiger partial charge in [0, 0.05) is 30.2 Å². The fraction of sp³-hybridized carbons (Fsp3) is 0.435. The van der Waals surface area contributed by atoms with Crippen molar-refractivity contribution < 1.29 is 9.90 Å². The summed E-state index contributed by atoms with van der Waals surface area (Å²) in [5.41, 5.74) is 5.41. The topological polar surface area (TPSA) is 71.2 Å². The van der Waals surface area contributed by atoms with E-state index in [9.17, 15) is 4.79 Å². The number of carbonyl (C=O) groups excluding carboxylic acids is 1. The van der Waals surface area contributed by atoms with Crippen molar-refractivity contribution in [3.8, 4) is 11.3 Å². The van der Waals surface area contributed by atoms with Crippen molar-refractivity contribution in [2.24, 2.45) is 5.92 Å². The van der Waals surface area contributed by atoms with Gasteiger partial charge in [0.1, 0.15) is 0 Å². The molecule has 1 fully saturated rings. The van der Waals surface area contributed by atoms with Gasteiger partial charge < -0.3 is 10.0 Å². The third-order valence-electron chi connectivity index (χ3n) is 5.94. The standard InChI is InChI=1S/C23H28N4O2/c1-15-5-4-8-26(13-15)23(29)20-11-21(18-12-24-27(14-18)9-10-28)25-22-17(3)16(2)6-7-19(20)22/h6-7,11-12,14-15,28H,4-5,8-10,13H2,1-3H3/t15-/m1/s1. The molecule has 1 aliphatic rings. The van der Waals surface area contributed by atoms with E-state index < -0.39 is 0 Å². The van der Waals surface area contributed by atoms with Crippen LogP contribution in [-0.4, -0.2) is 50.4 Å². The van der Waals surface area contributed by atoms with Crippen LogP contribution in [0.4, 0.5) is 0 Å². The molecule has 1 N–H and O–H groups in total. The van der Waals surface area contributed by atoms with Crippen molar-refractivity contribution >= 4 is 16.8 Å². The number of aromatic nitrogens is 3. The number of aliphatic hydroxyl groups is 1. The molecule has 1 saturated heterocycles. The van der Waals surface area contributed by atoms with Gasteiger partial charge in [-0.1, -0.05) is 19.1 Å². The highest BCUT2D eigenvalue weighted by molar-refractivity contribution is 6.08. The number of nitrogens with zero attached hydrogens (tertiary/aromatic N) is 4. The molecule has 0 saturated carbocycles. The summed E-state index contributed by atoms with van der Waals surface area (Å²) in [5.74, 6) is 0.608. The van der Waals surface area contributed by atoms with E-state index in [1.165, 1.54) is 6.42 Å². The lowest BCUT2D eigenvalue weighted by Crippen LogP contribution is -2.39. The Morgan fingerprint density at radius 3 is 2.90 bits per heavy atom. The number of aliphatic hydroxyl groups excluding tert-OH is 1. The van der Waals surface area contributed by atoms with Crippen LogP contribution < -0.4 is 0 Å². The predicted molar refractivity (Wildman–Crippen MR) is 114 cm³/mol. The lowest BCUT2D eigenvalue weighted by atomic mass is 9.96. The fourth-order valence-corrected chi connectivity index (χ4v) is 4.12. The molecular formula is C23H28N4O2. The van der Waals surface area contributed by atoms with Gasteiger partial charge in [-0.3, -0.25) is 9.48 Å². The first-order chi connectivity index (χ1) is 14.0. The van der Waals surface area contributed by atoms with E-state index in [1.54, 1.807) is 10.9 Å². The van der Waals surface area contributed by atoms with Gasteiger partial charge in [-0.2, -0.15) is 5.10 Å². The molecular weight excluding hydrogens is 364 g/mol. The smallest absolute Gasteiger partial charge is 0.254 e. The zero-order chi connectivity index (χ0) is 20.5. The second-order valence-electron chi connectivity index (χ2n) is 8.17. The van der Waals surface area contributed by atoms with Crippen LogP contribution in [-0.2, 0) is 6.54 Å². The maximum Gasteiger partial charge on any atom is 0.254 e. The second-order valence-corrected chi connectivity index (χ2v) is 8.17. The molecule has 6 nitrogen and oxygen atoms in total. The molecule has 1 aliphatic heterocycles. The number of piperidine rings is 1. The average Bonchev–Trinajstić information content (AvgIpc) is 3.18. The van der Waals surface area contributed by atoms with Gasteiger partial charge in [0.05, 0.1) is 36.1 Å². The molecule has 3 heterocycles. The third-order valence-corrected chi connectivity index (χ3v) is 5.94. The minimum absolute atomic E-state index is 0.0292. The van der Waals surface area contributed by atoms with Gasteiger partial charge in [-0.25, -0.2) is 4.98 Å². The molecule has 29 heavy (non-hydrogen) atoms. The monoisotopic (exact) mass is 392 g/mol. The van der Waals surface area contributed by atoms with Crippen molar-refractivity contribution in [3.05, 3.63) is 47.3 Å². The Hall–Kier alpha value is -2.73. The number of hydrogen-bond donors (Lipinski definition) is 1. The molecule has 0 radical (unpaired) electrons.